The lowest BCUT2D eigenvalue weighted by molar-refractivity contribution is -0.118. The molecule has 1 aromatic rings. The average Bonchev–Trinajstić information content (AvgIpc) is 2.29. The van der Waals surface area contributed by atoms with Crippen molar-refractivity contribution in [2.24, 2.45) is 5.73 Å². The van der Waals surface area contributed by atoms with E-state index in [9.17, 15) is 4.79 Å². The van der Waals surface area contributed by atoms with Crippen LogP contribution < -0.4 is 11.1 Å². The van der Waals surface area contributed by atoms with E-state index in [1.165, 1.54) is 19.2 Å². The molecular formula is C11H16N2O3. The number of methoxy groups -OCH3 is 1. The number of benzene rings is 1. The van der Waals surface area contributed by atoms with Gasteiger partial charge in [0, 0.05) is 19.3 Å². The van der Waals surface area contributed by atoms with Crippen LogP contribution in [0.1, 0.15) is 6.42 Å². The number of nitrogens with one attached hydrogen (secondary N) is 1. The molecule has 1 unspecified atom stereocenters. The fourth-order valence-electron chi connectivity index (χ4n) is 1.23. The number of hydrogen-bond acceptors (Lipinski definition) is 4. The third-order valence-electron chi connectivity index (χ3n) is 2.16. The van der Waals surface area contributed by atoms with E-state index in [0.29, 0.717) is 12.2 Å². The summed E-state index contributed by atoms with van der Waals surface area (Å²) in [6.07, 6.45) is -0.0504. The molecule has 88 valence electrons. The van der Waals surface area contributed by atoms with Crippen LogP contribution in [0.3, 0.4) is 0 Å². The van der Waals surface area contributed by atoms with Crippen LogP contribution in [0, 0.1) is 0 Å². The number of phenolic OH excluding ortho intramolecular Hbond substituents is 1. The van der Waals surface area contributed by atoms with Crippen molar-refractivity contribution in [1.82, 2.24) is 0 Å². The highest BCUT2D eigenvalue weighted by atomic mass is 16.5. The number of aromatic hydroxyl groups is 1. The fraction of sp³-hybridized carbons (Fsp3) is 0.364. The first-order chi connectivity index (χ1) is 7.65. The summed E-state index contributed by atoms with van der Waals surface area (Å²) in [5, 5.41) is 11.7. The first-order valence-corrected chi connectivity index (χ1v) is 4.97. The van der Waals surface area contributed by atoms with Crippen LogP contribution in [0.15, 0.2) is 24.3 Å². The van der Waals surface area contributed by atoms with E-state index in [1.54, 1.807) is 12.1 Å². The number of carbonyl (C=O) groups excluding carboxylic acids is 1. The second-order valence-corrected chi connectivity index (χ2v) is 3.39. The van der Waals surface area contributed by atoms with Gasteiger partial charge >= 0.3 is 0 Å². The lowest BCUT2D eigenvalue weighted by atomic mass is 10.2. The average molecular weight is 224 g/mol. The van der Waals surface area contributed by atoms with Crippen LogP contribution in [0.2, 0.25) is 0 Å². The normalized spacial score (nSPS) is 12.1. The maximum absolute atomic E-state index is 11.5. The number of phenols is 1. The molecule has 0 spiro atoms. The fourth-order valence-corrected chi connectivity index (χ4v) is 1.23. The Hall–Kier alpha value is -1.59. The molecular weight excluding hydrogens is 208 g/mol. The highest BCUT2D eigenvalue weighted by molar-refractivity contribution is 5.91. The molecule has 1 rings (SSSR count). The molecule has 0 saturated carbocycles. The zero-order valence-corrected chi connectivity index (χ0v) is 9.14. The minimum Gasteiger partial charge on any atom is -0.508 e. The molecule has 0 aliphatic carbocycles. The maximum atomic E-state index is 11.5. The Kier molecular flexibility index (Phi) is 4.75. The van der Waals surface area contributed by atoms with Gasteiger partial charge < -0.3 is 20.9 Å². The maximum Gasteiger partial charge on any atom is 0.227 e. The number of hydrogen-bond donors (Lipinski definition) is 3. The van der Waals surface area contributed by atoms with Crippen molar-refractivity contribution in [3.63, 3.8) is 0 Å². The Morgan fingerprint density at radius 1 is 1.50 bits per heavy atom. The summed E-state index contributed by atoms with van der Waals surface area (Å²) in [5.74, 6) is -0.00212. The minimum atomic E-state index is -0.267. The largest absolute Gasteiger partial charge is 0.508 e. The number of amides is 1. The zero-order chi connectivity index (χ0) is 12.0. The molecule has 0 aliphatic heterocycles. The van der Waals surface area contributed by atoms with Crippen molar-refractivity contribution in [3.05, 3.63) is 24.3 Å². The van der Waals surface area contributed by atoms with Gasteiger partial charge in [-0.15, -0.1) is 0 Å². The van der Waals surface area contributed by atoms with Crippen LogP contribution in [-0.4, -0.2) is 30.8 Å². The lowest BCUT2D eigenvalue weighted by Crippen LogP contribution is -2.28. The van der Waals surface area contributed by atoms with Gasteiger partial charge in [-0.3, -0.25) is 4.79 Å². The molecule has 0 radical (unpaired) electrons. The first-order valence-electron chi connectivity index (χ1n) is 4.97. The molecule has 0 fully saturated rings. The number of carbonyl (C=O) groups is 1. The van der Waals surface area contributed by atoms with Crippen LogP contribution in [-0.2, 0) is 9.53 Å². The Labute approximate surface area is 94.2 Å². The van der Waals surface area contributed by atoms with Gasteiger partial charge in [-0.25, -0.2) is 0 Å². The Balaban J connectivity index is 2.48. The summed E-state index contributed by atoms with van der Waals surface area (Å²) < 4.78 is 5.00. The Morgan fingerprint density at radius 3 is 2.62 bits per heavy atom. The summed E-state index contributed by atoms with van der Waals surface area (Å²) in [6.45, 7) is 0.305. The summed E-state index contributed by atoms with van der Waals surface area (Å²) in [4.78, 5) is 11.5. The van der Waals surface area contributed by atoms with Crippen LogP contribution >= 0.6 is 0 Å². The van der Waals surface area contributed by atoms with Gasteiger partial charge in [-0.05, 0) is 24.3 Å². The molecule has 0 bridgehead atoms. The smallest absolute Gasteiger partial charge is 0.227 e. The number of rotatable bonds is 5. The van der Waals surface area contributed by atoms with Crippen molar-refractivity contribution in [3.8, 4) is 5.75 Å². The van der Waals surface area contributed by atoms with E-state index in [0.717, 1.165) is 0 Å². The van der Waals surface area contributed by atoms with E-state index in [4.69, 9.17) is 15.6 Å². The molecule has 1 aromatic carbocycles. The van der Waals surface area contributed by atoms with E-state index in [1.807, 2.05) is 0 Å². The van der Waals surface area contributed by atoms with E-state index in [-0.39, 0.29) is 24.2 Å². The molecule has 16 heavy (non-hydrogen) atoms. The molecule has 1 atom stereocenters. The van der Waals surface area contributed by atoms with E-state index in [2.05, 4.69) is 5.32 Å². The van der Waals surface area contributed by atoms with Gasteiger partial charge in [-0.1, -0.05) is 0 Å². The standard InChI is InChI=1S/C11H16N2O3/c1-16-10(7-12)6-11(15)13-8-2-4-9(14)5-3-8/h2-5,10,14H,6-7,12H2,1H3,(H,13,15). The predicted octanol–water partition coefficient (Wildman–Crippen LogP) is 0.694. The van der Waals surface area contributed by atoms with Crippen molar-refractivity contribution in [1.29, 1.82) is 0 Å². The van der Waals surface area contributed by atoms with Gasteiger partial charge in [0.05, 0.1) is 12.5 Å². The zero-order valence-electron chi connectivity index (χ0n) is 9.14. The van der Waals surface area contributed by atoms with Crippen LogP contribution in [0.5, 0.6) is 5.75 Å². The summed E-state index contributed by atoms with van der Waals surface area (Å²) in [5.41, 5.74) is 6.04. The second-order valence-electron chi connectivity index (χ2n) is 3.39. The van der Waals surface area contributed by atoms with Gasteiger partial charge in [-0.2, -0.15) is 0 Å². The Bertz CT molecular complexity index is 334. The molecule has 1 amide bonds. The summed E-state index contributed by atoms with van der Waals surface area (Å²) >= 11 is 0. The van der Waals surface area contributed by atoms with Crippen LogP contribution in [0.25, 0.3) is 0 Å². The van der Waals surface area contributed by atoms with Gasteiger partial charge in [0.15, 0.2) is 0 Å². The topological polar surface area (TPSA) is 84.6 Å². The predicted molar refractivity (Wildman–Crippen MR) is 61.2 cm³/mol. The first kappa shape index (κ1) is 12.5. The van der Waals surface area contributed by atoms with Crippen molar-refractivity contribution in [2.45, 2.75) is 12.5 Å². The third-order valence-corrected chi connectivity index (χ3v) is 2.16. The van der Waals surface area contributed by atoms with E-state index < -0.39 is 0 Å². The molecule has 5 nitrogen and oxygen atoms in total. The van der Waals surface area contributed by atoms with Crippen molar-refractivity contribution >= 4 is 11.6 Å². The van der Waals surface area contributed by atoms with Gasteiger partial charge in [0.1, 0.15) is 5.75 Å². The number of nitrogens with two attached hydrogens (primary N) is 1. The van der Waals surface area contributed by atoms with Gasteiger partial charge in [0.2, 0.25) is 5.91 Å². The third kappa shape index (κ3) is 3.88. The number of ether oxygens (including phenoxy) is 1. The van der Waals surface area contributed by atoms with Crippen molar-refractivity contribution in [2.75, 3.05) is 19.0 Å². The lowest BCUT2D eigenvalue weighted by Gasteiger charge is -2.12. The quantitative estimate of drug-likeness (QED) is 0.642. The molecule has 0 saturated heterocycles. The highest BCUT2D eigenvalue weighted by Crippen LogP contribution is 2.14. The van der Waals surface area contributed by atoms with Crippen LogP contribution in [0.4, 0.5) is 5.69 Å². The monoisotopic (exact) mass is 224 g/mol. The van der Waals surface area contributed by atoms with E-state index >= 15 is 0 Å². The molecule has 0 heterocycles. The Morgan fingerprint density at radius 2 is 2.12 bits per heavy atom. The molecule has 0 aliphatic rings. The highest BCUT2D eigenvalue weighted by Gasteiger charge is 2.11. The van der Waals surface area contributed by atoms with Gasteiger partial charge in [0.25, 0.3) is 0 Å². The second kappa shape index (κ2) is 6.09. The molecule has 4 N–H and O–H groups in total. The van der Waals surface area contributed by atoms with Crippen molar-refractivity contribution < 1.29 is 14.6 Å². The number of anilines is 1. The molecule has 5 heteroatoms. The minimum absolute atomic E-state index is 0.162. The SMILES string of the molecule is COC(CN)CC(=O)Nc1ccc(O)cc1. The summed E-state index contributed by atoms with van der Waals surface area (Å²) in [6, 6.07) is 6.26. The summed E-state index contributed by atoms with van der Waals surface area (Å²) in [7, 11) is 1.52. The molecule has 0 aromatic heterocycles.